The van der Waals surface area contributed by atoms with Gasteiger partial charge in [0.1, 0.15) is 24.4 Å². The maximum absolute atomic E-state index is 9.95. The van der Waals surface area contributed by atoms with Crippen LogP contribution in [0.2, 0.25) is 0 Å². The highest BCUT2D eigenvalue weighted by Gasteiger charge is 2.39. The van der Waals surface area contributed by atoms with Crippen molar-refractivity contribution in [3.8, 4) is 0 Å². The van der Waals surface area contributed by atoms with Crippen molar-refractivity contribution in [1.29, 1.82) is 0 Å². The summed E-state index contributed by atoms with van der Waals surface area (Å²) in [5, 5.41) is 29.1. The molecule has 1 saturated heterocycles. The largest absolute Gasteiger partial charge is 0.388 e. The fraction of sp³-hybridized carbons (Fsp3) is 0.920. The van der Waals surface area contributed by atoms with E-state index in [-0.39, 0.29) is 13.2 Å². The number of allylic oxidation sites excluding steroid dienone is 2. The lowest BCUT2D eigenvalue weighted by Gasteiger charge is -2.20. The predicted molar refractivity (Wildman–Crippen MR) is 123 cm³/mol. The fourth-order valence-electron chi connectivity index (χ4n) is 3.89. The lowest BCUT2D eigenvalue weighted by Crippen LogP contribution is -2.40. The Balaban J connectivity index is 1.78. The van der Waals surface area contributed by atoms with Crippen LogP contribution in [0.3, 0.4) is 0 Å². The summed E-state index contributed by atoms with van der Waals surface area (Å²) in [6.07, 6.45) is 20.6. The SMILES string of the molecule is CCCCCCCCCCCCC/C=C/CCCCOC[C@@H](O)[C@H]1OC[C@H](O)[C@H]1O. The van der Waals surface area contributed by atoms with Gasteiger partial charge in [-0.2, -0.15) is 0 Å². The van der Waals surface area contributed by atoms with Gasteiger partial charge in [-0.25, -0.2) is 0 Å². The number of aliphatic hydroxyl groups is 3. The molecule has 1 fully saturated rings. The monoisotopic (exact) mass is 428 g/mol. The molecule has 30 heavy (non-hydrogen) atoms. The second-order valence-corrected chi connectivity index (χ2v) is 8.79. The molecule has 0 saturated carbocycles. The highest BCUT2D eigenvalue weighted by atomic mass is 16.5. The van der Waals surface area contributed by atoms with Crippen LogP contribution in [0.5, 0.6) is 0 Å². The molecule has 0 amide bonds. The third-order valence-corrected chi connectivity index (χ3v) is 5.91. The summed E-state index contributed by atoms with van der Waals surface area (Å²) >= 11 is 0. The van der Waals surface area contributed by atoms with Gasteiger partial charge in [0, 0.05) is 6.61 Å². The van der Waals surface area contributed by atoms with Gasteiger partial charge >= 0.3 is 0 Å². The smallest absolute Gasteiger partial charge is 0.114 e. The molecule has 3 N–H and O–H groups in total. The van der Waals surface area contributed by atoms with Crippen LogP contribution < -0.4 is 0 Å². The van der Waals surface area contributed by atoms with Crippen molar-refractivity contribution in [3.05, 3.63) is 12.2 Å². The highest BCUT2D eigenvalue weighted by molar-refractivity contribution is 4.87. The number of rotatable bonds is 20. The first-order chi connectivity index (χ1) is 14.7. The first-order valence-corrected chi connectivity index (χ1v) is 12.5. The Morgan fingerprint density at radius 3 is 1.90 bits per heavy atom. The number of unbranched alkanes of at least 4 members (excludes halogenated alkanes) is 13. The summed E-state index contributed by atoms with van der Waals surface area (Å²) in [5.74, 6) is 0. The molecular formula is C25H48O5. The molecule has 4 atom stereocenters. The van der Waals surface area contributed by atoms with Crippen molar-refractivity contribution >= 4 is 0 Å². The maximum atomic E-state index is 9.95. The van der Waals surface area contributed by atoms with Crippen molar-refractivity contribution in [2.75, 3.05) is 19.8 Å². The van der Waals surface area contributed by atoms with E-state index in [9.17, 15) is 15.3 Å². The Hall–Kier alpha value is -0.460. The summed E-state index contributed by atoms with van der Waals surface area (Å²) < 4.78 is 10.7. The number of hydrogen-bond donors (Lipinski definition) is 3. The number of ether oxygens (including phenoxy) is 2. The summed E-state index contributed by atoms with van der Waals surface area (Å²) in [5.41, 5.74) is 0. The van der Waals surface area contributed by atoms with E-state index in [2.05, 4.69) is 19.1 Å². The lowest BCUT2D eigenvalue weighted by molar-refractivity contribution is -0.0813. The van der Waals surface area contributed by atoms with E-state index in [1.54, 1.807) is 0 Å². The Bertz CT molecular complexity index is 401. The first-order valence-electron chi connectivity index (χ1n) is 12.5. The van der Waals surface area contributed by atoms with Crippen LogP contribution in [0.15, 0.2) is 12.2 Å². The Morgan fingerprint density at radius 2 is 1.37 bits per heavy atom. The molecule has 0 aromatic rings. The normalized spacial score (nSPS) is 22.9. The molecule has 178 valence electrons. The van der Waals surface area contributed by atoms with Gasteiger partial charge in [0.2, 0.25) is 0 Å². The van der Waals surface area contributed by atoms with E-state index in [4.69, 9.17) is 9.47 Å². The van der Waals surface area contributed by atoms with Crippen molar-refractivity contribution in [1.82, 2.24) is 0 Å². The summed E-state index contributed by atoms with van der Waals surface area (Å²) in [6, 6.07) is 0. The van der Waals surface area contributed by atoms with Crippen molar-refractivity contribution in [2.24, 2.45) is 0 Å². The number of hydrogen-bond acceptors (Lipinski definition) is 5. The Labute approximate surface area is 184 Å². The third-order valence-electron chi connectivity index (χ3n) is 5.91. The summed E-state index contributed by atoms with van der Waals surface area (Å²) in [7, 11) is 0. The molecule has 1 aliphatic rings. The topological polar surface area (TPSA) is 79.2 Å². The molecule has 0 aliphatic carbocycles. The molecule has 0 radical (unpaired) electrons. The summed E-state index contributed by atoms with van der Waals surface area (Å²) in [6.45, 7) is 3.06. The molecule has 0 spiro atoms. The van der Waals surface area contributed by atoms with E-state index >= 15 is 0 Å². The molecule has 1 heterocycles. The van der Waals surface area contributed by atoms with Gasteiger partial charge in [0.15, 0.2) is 0 Å². The fourth-order valence-corrected chi connectivity index (χ4v) is 3.89. The number of aliphatic hydroxyl groups excluding tert-OH is 3. The average molecular weight is 429 g/mol. The zero-order valence-electron chi connectivity index (χ0n) is 19.4. The standard InChI is InChI=1S/C25H48O5/c1-2-3-4-5-6-7-8-9-10-11-12-13-14-15-16-17-18-19-29-20-23(27)25-24(28)22(26)21-30-25/h14-15,22-28H,2-13,16-21H2,1H3/b15-14+/t22-,23+,24+,25+/m0/s1. The predicted octanol–water partition coefficient (Wildman–Crippen LogP) is 4.91. The van der Waals surface area contributed by atoms with Crippen molar-refractivity contribution in [3.63, 3.8) is 0 Å². The van der Waals surface area contributed by atoms with E-state index in [0.29, 0.717) is 6.61 Å². The molecule has 5 nitrogen and oxygen atoms in total. The van der Waals surface area contributed by atoms with Gasteiger partial charge in [0.05, 0.1) is 13.2 Å². The van der Waals surface area contributed by atoms with Gasteiger partial charge < -0.3 is 24.8 Å². The summed E-state index contributed by atoms with van der Waals surface area (Å²) in [4.78, 5) is 0. The minimum atomic E-state index is -1.03. The molecule has 1 rings (SSSR count). The van der Waals surface area contributed by atoms with Crippen LogP contribution in [0.25, 0.3) is 0 Å². The van der Waals surface area contributed by atoms with Crippen LogP contribution >= 0.6 is 0 Å². The van der Waals surface area contributed by atoms with E-state index in [1.807, 2.05) is 0 Å². The van der Waals surface area contributed by atoms with Gasteiger partial charge in [-0.05, 0) is 32.1 Å². The lowest BCUT2D eigenvalue weighted by atomic mass is 10.1. The van der Waals surface area contributed by atoms with Crippen LogP contribution in [0.1, 0.15) is 103 Å². The van der Waals surface area contributed by atoms with E-state index in [1.165, 1.54) is 77.0 Å². The second kappa shape index (κ2) is 19.2. The van der Waals surface area contributed by atoms with Crippen molar-refractivity contribution < 1.29 is 24.8 Å². The Morgan fingerprint density at radius 1 is 0.833 bits per heavy atom. The molecule has 0 bridgehead atoms. The first kappa shape index (κ1) is 27.6. The molecule has 5 heteroatoms. The van der Waals surface area contributed by atoms with Crippen LogP contribution in [-0.2, 0) is 9.47 Å². The van der Waals surface area contributed by atoms with Crippen LogP contribution in [-0.4, -0.2) is 59.6 Å². The van der Waals surface area contributed by atoms with Gasteiger partial charge in [-0.1, -0.05) is 83.3 Å². The van der Waals surface area contributed by atoms with Crippen LogP contribution in [0, 0.1) is 0 Å². The molecule has 0 aromatic carbocycles. The molecular weight excluding hydrogens is 380 g/mol. The minimum Gasteiger partial charge on any atom is -0.388 e. The van der Waals surface area contributed by atoms with Crippen molar-refractivity contribution in [2.45, 2.75) is 128 Å². The average Bonchev–Trinajstić information content (AvgIpc) is 3.08. The molecule has 0 unspecified atom stereocenters. The van der Waals surface area contributed by atoms with Gasteiger partial charge in [-0.15, -0.1) is 0 Å². The van der Waals surface area contributed by atoms with Gasteiger partial charge in [0.25, 0.3) is 0 Å². The second-order valence-electron chi connectivity index (χ2n) is 8.79. The van der Waals surface area contributed by atoms with E-state index in [0.717, 1.165) is 19.3 Å². The Kier molecular flexibility index (Phi) is 17.7. The van der Waals surface area contributed by atoms with Crippen LogP contribution in [0.4, 0.5) is 0 Å². The maximum Gasteiger partial charge on any atom is 0.114 e. The quantitative estimate of drug-likeness (QED) is 0.190. The minimum absolute atomic E-state index is 0.0639. The highest BCUT2D eigenvalue weighted by Crippen LogP contribution is 2.18. The molecule has 0 aromatic heterocycles. The zero-order chi connectivity index (χ0) is 21.9. The van der Waals surface area contributed by atoms with E-state index < -0.39 is 24.4 Å². The third kappa shape index (κ3) is 13.8. The zero-order valence-corrected chi connectivity index (χ0v) is 19.4. The molecule has 1 aliphatic heterocycles. The van der Waals surface area contributed by atoms with Gasteiger partial charge in [-0.3, -0.25) is 0 Å².